The van der Waals surface area contributed by atoms with Crippen LogP contribution in [0, 0.1) is 6.92 Å². The number of aromatic nitrogens is 3. The van der Waals surface area contributed by atoms with Crippen molar-refractivity contribution >= 4 is 29.0 Å². The molecule has 0 radical (unpaired) electrons. The van der Waals surface area contributed by atoms with Gasteiger partial charge < -0.3 is 14.8 Å². The summed E-state index contributed by atoms with van der Waals surface area (Å²) in [5, 5.41) is 10.8. The Kier molecular flexibility index (Phi) is 5.87. The molecule has 0 atom stereocenters. The number of thiocarbonyl (C=S) groups is 1. The van der Waals surface area contributed by atoms with E-state index in [-0.39, 0.29) is 0 Å². The second kappa shape index (κ2) is 8.50. The summed E-state index contributed by atoms with van der Waals surface area (Å²) in [5.74, 6) is 1.75. The molecule has 0 aliphatic heterocycles. The first-order valence-corrected chi connectivity index (χ1v) is 8.73. The van der Waals surface area contributed by atoms with Crippen LogP contribution in [0.25, 0.3) is 0 Å². The van der Waals surface area contributed by atoms with Gasteiger partial charge in [-0.1, -0.05) is 29.8 Å². The van der Waals surface area contributed by atoms with Gasteiger partial charge in [-0.05, 0) is 36.8 Å². The first-order chi connectivity index (χ1) is 13.1. The van der Waals surface area contributed by atoms with Crippen molar-refractivity contribution in [2.75, 3.05) is 24.9 Å². The van der Waals surface area contributed by atoms with Crippen LogP contribution in [0.1, 0.15) is 11.1 Å². The topological polar surface area (TPSA) is 73.2 Å². The van der Waals surface area contributed by atoms with E-state index in [1.807, 2.05) is 18.2 Å². The average molecular weight is 383 g/mol. The van der Waals surface area contributed by atoms with Crippen molar-refractivity contribution in [2.45, 2.75) is 13.5 Å². The van der Waals surface area contributed by atoms with Crippen LogP contribution in [0.3, 0.4) is 0 Å². The molecule has 1 heterocycles. The lowest BCUT2D eigenvalue weighted by molar-refractivity contribution is 0.395. The maximum Gasteiger partial charge on any atom is 0.248 e. The Morgan fingerprint density at radius 1 is 1.11 bits per heavy atom. The summed E-state index contributed by atoms with van der Waals surface area (Å²) in [6.07, 6.45) is 1.67. The summed E-state index contributed by atoms with van der Waals surface area (Å²) in [6.45, 7) is 2.71. The number of benzene rings is 2. The van der Waals surface area contributed by atoms with Crippen molar-refractivity contribution in [3.8, 4) is 11.5 Å². The summed E-state index contributed by atoms with van der Waals surface area (Å²) in [6, 6.07) is 13.7. The molecule has 3 aromatic rings. The molecule has 140 valence electrons. The number of hydrogen-bond donors (Lipinski definition) is 2. The molecular formula is C19H21N5O2S. The number of nitrogens with one attached hydrogen (secondary N) is 2. The van der Waals surface area contributed by atoms with Crippen LogP contribution in [-0.2, 0) is 6.54 Å². The quantitative estimate of drug-likeness (QED) is 0.632. The number of anilines is 2. The molecule has 7 nitrogen and oxygen atoms in total. The molecule has 2 aromatic carbocycles. The van der Waals surface area contributed by atoms with E-state index >= 15 is 0 Å². The van der Waals surface area contributed by atoms with E-state index in [1.54, 1.807) is 31.3 Å². The normalized spacial score (nSPS) is 10.3. The molecule has 0 aliphatic rings. The van der Waals surface area contributed by atoms with Gasteiger partial charge in [0, 0.05) is 6.07 Å². The van der Waals surface area contributed by atoms with E-state index in [0.717, 1.165) is 11.3 Å². The second-order valence-corrected chi connectivity index (χ2v) is 6.31. The molecular weight excluding hydrogens is 362 g/mol. The van der Waals surface area contributed by atoms with Crippen LogP contribution in [0.4, 0.5) is 11.6 Å². The highest BCUT2D eigenvalue weighted by Gasteiger charge is 2.09. The van der Waals surface area contributed by atoms with Gasteiger partial charge in [0.15, 0.2) is 5.11 Å². The Labute approximate surface area is 163 Å². The Bertz CT molecular complexity index is 941. The van der Waals surface area contributed by atoms with E-state index in [0.29, 0.717) is 29.1 Å². The van der Waals surface area contributed by atoms with Crippen molar-refractivity contribution in [2.24, 2.45) is 0 Å². The van der Waals surface area contributed by atoms with E-state index in [9.17, 15) is 0 Å². The maximum atomic E-state index is 5.35. The Morgan fingerprint density at radius 3 is 2.70 bits per heavy atom. The lowest BCUT2D eigenvalue weighted by atomic mass is 10.1. The molecule has 2 N–H and O–H groups in total. The fraction of sp³-hybridized carbons (Fsp3) is 0.211. The highest BCUT2D eigenvalue weighted by molar-refractivity contribution is 7.80. The molecule has 8 heteroatoms. The number of ether oxygens (including phenoxy) is 2. The summed E-state index contributed by atoms with van der Waals surface area (Å²) in [4.78, 5) is 4.25. The Hall–Kier alpha value is -3.13. The molecule has 27 heavy (non-hydrogen) atoms. The molecule has 1 aromatic heterocycles. The smallest absolute Gasteiger partial charge is 0.248 e. The van der Waals surface area contributed by atoms with Gasteiger partial charge in [-0.3, -0.25) is 5.32 Å². The van der Waals surface area contributed by atoms with Gasteiger partial charge in [-0.15, -0.1) is 5.10 Å². The number of hydrogen-bond acceptors (Lipinski definition) is 5. The van der Waals surface area contributed by atoms with Crippen LogP contribution in [0.2, 0.25) is 0 Å². The highest BCUT2D eigenvalue weighted by Crippen LogP contribution is 2.29. The highest BCUT2D eigenvalue weighted by atomic mass is 32.1. The van der Waals surface area contributed by atoms with E-state index < -0.39 is 0 Å². The molecule has 0 saturated heterocycles. The van der Waals surface area contributed by atoms with Crippen LogP contribution in [-0.4, -0.2) is 34.1 Å². The van der Waals surface area contributed by atoms with Crippen molar-refractivity contribution in [1.29, 1.82) is 0 Å². The number of rotatable bonds is 6. The van der Waals surface area contributed by atoms with Crippen LogP contribution < -0.4 is 20.1 Å². The molecule has 0 unspecified atom stereocenters. The number of aryl methyl sites for hydroxylation is 1. The summed E-state index contributed by atoms with van der Waals surface area (Å²) < 4.78 is 12.3. The van der Waals surface area contributed by atoms with Crippen molar-refractivity contribution in [3.05, 3.63) is 59.9 Å². The van der Waals surface area contributed by atoms with E-state index in [2.05, 4.69) is 45.8 Å². The van der Waals surface area contributed by atoms with E-state index in [4.69, 9.17) is 21.7 Å². The predicted molar refractivity (Wildman–Crippen MR) is 110 cm³/mol. The molecule has 0 saturated carbocycles. The third-order valence-corrected chi connectivity index (χ3v) is 4.05. The van der Waals surface area contributed by atoms with Gasteiger partial charge in [0.05, 0.1) is 26.5 Å². The molecule has 0 fully saturated rings. The third-order valence-electron chi connectivity index (χ3n) is 3.85. The van der Waals surface area contributed by atoms with Crippen LogP contribution in [0.15, 0.2) is 48.8 Å². The second-order valence-electron chi connectivity index (χ2n) is 5.90. The van der Waals surface area contributed by atoms with Gasteiger partial charge in [-0.2, -0.15) is 0 Å². The fourth-order valence-electron chi connectivity index (χ4n) is 2.58. The maximum absolute atomic E-state index is 5.35. The first-order valence-electron chi connectivity index (χ1n) is 8.32. The molecule has 0 bridgehead atoms. The van der Waals surface area contributed by atoms with Gasteiger partial charge in [0.1, 0.15) is 17.8 Å². The van der Waals surface area contributed by atoms with E-state index in [1.165, 1.54) is 5.56 Å². The average Bonchev–Trinajstić information content (AvgIpc) is 3.08. The molecule has 0 amide bonds. The van der Waals surface area contributed by atoms with Gasteiger partial charge in [0.2, 0.25) is 5.95 Å². The zero-order valence-corrected chi connectivity index (χ0v) is 16.2. The summed E-state index contributed by atoms with van der Waals surface area (Å²) in [7, 11) is 3.19. The molecule has 0 aliphatic carbocycles. The van der Waals surface area contributed by atoms with Gasteiger partial charge in [0.25, 0.3) is 0 Å². The fourth-order valence-corrected chi connectivity index (χ4v) is 2.78. The lowest BCUT2D eigenvalue weighted by Crippen LogP contribution is -2.20. The molecule has 3 rings (SSSR count). The SMILES string of the molecule is COc1ccc(NC(=S)Nc2ncn(Cc3cccc(C)c3)n2)c(OC)c1. The largest absolute Gasteiger partial charge is 0.497 e. The zero-order chi connectivity index (χ0) is 19.2. The minimum atomic E-state index is 0.367. The van der Waals surface area contributed by atoms with Crippen molar-refractivity contribution in [3.63, 3.8) is 0 Å². The minimum Gasteiger partial charge on any atom is -0.497 e. The van der Waals surface area contributed by atoms with Crippen LogP contribution >= 0.6 is 12.2 Å². The standard InChI is InChI=1S/C19H21N5O2S/c1-13-5-4-6-14(9-13)11-24-12-20-18(23-24)22-19(27)21-16-8-7-15(25-2)10-17(16)26-3/h4-10,12H,11H2,1-3H3,(H2,21,22,23,27). The Morgan fingerprint density at radius 2 is 1.96 bits per heavy atom. The van der Waals surface area contributed by atoms with Gasteiger partial charge >= 0.3 is 0 Å². The monoisotopic (exact) mass is 383 g/mol. The van der Waals surface area contributed by atoms with Crippen molar-refractivity contribution in [1.82, 2.24) is 14.8 Å². The number of methoxy groups -OCH3 is 2. The lowest BCUT2D eigenvalue weighted by Gasteiger charge is -2.13. The zero-order valence-electron chi connectivity index (χ0n) is 15.4. The first kappa shape index (κ1) is 18.7. The summed E-state index contributed by atoms with van der Waals surface area (Å²) >= 11 is 5.34. The minimum absolute atomic E-state index is 0.367. The van der Waals surface area contributed by atoms with Crippen LogP contribution in [0.5, 0.6) is 11.5 Å². The molecule has 0 spiro atoms. The third kappa shape index (κ3) is 4.95. The Balaban J connectivity index is 1.63. The predicted octanol–water partition coefficient (Wildman–Crippen LogP) is 3.46. The number of nitrogens with zero attached hydrogens (tertiary/aromatic N) is 3. The van der Waals surface area contributed by atoms with Gasteiger partial charge in [-0.25, -0.2) is 9.67 Å². The summed E-state index contributed by atoms with van der Waals surface area (Å²) in [5.41, 5.74) is 3.09. The van der Waals surface area contributed by atoms with Crippen molar-refractivity contribution < 1.29 is 9.47 Å².